The maximum Gasteiger partial charge on any atom is 0.266 e. The molecule has 0 bridgehead atoms. The number of aromatic nitrogens is 2. The van der Waals surface area contributed by atoms with Gasteiger partial charge in [0.1, 0.15) is 4.32 Å². The Hall–Kier alpha value is -2.74. The Morgan fingerprint density at radius 2 is 1.87 bits per heavy atom. The second-order valence-corrected chi connectivity index (χ2v) is 9.18. The van der Waals surface area contributed by atoms with E-state index in [-0.39, 0.29) is 12.0 Å². The van der Waals surface area contributed by atoms with Crippen LogP contribution in [-0.4, -0.2) is 44.2 Å². The number of carbonyl (C=O) groups excluding carboxylic acids is 1. The molecule has 0 radical (unpaired) electrons. The number of amides is 1. The van der Waals surface area contributed by atoms with Crippen molar-refractivity contribution in [1.82, 2.24) is 14.7 Å². The Morgan fingerprint density at radius 3 is 2.58 bits per heavy atom. The van der Waals surface area contributed by atoms with Crippen LogP contribution < -0.4 is 0 Å². The number of para-hydroxylation sites is 1. The number of benzene rings is 2. The summed E-state index contributed by atoms with van der Waals surface area (Å²) >= 11 is 6.85. The maximum absolute atomic E-state index is 13.1. The summed E-state index contributed by atoms with van der Waals surface area (Å²) in [5.74, 6) is -0.0584. The van der Waals surface area contributed by atoms with Crippen molar-refractivity contribution >= 4 is 40.3 Å². The molecule has 2 fully saturated rings. The number of carbonyl (C=O) groups is 1. The Morgan fingerprint density at radius 1 is 1.13 bits per heavy atom. The van der Waals surface area contributed by atoms with Crippen LogP contribution >= 0.6 is 24.0 Å². The first kappa shape index (κ1) is 20.2. The van der Waals surface area contributed by atoms with E-state index in [1.807, 2.05) is 77.6 Å². The molecule has 2 aromatic carbocycles. The van der Waals surface area contributed by atoms with Crippen molar-refractivity contribution in [2.75, 3.05) is 13.2 Å². The molecule has 1 aromatic heterocycles. The van der Waals surface area contributed by atoms with Gasteiger partial charge in [-0.05, 0) is 31.1 Å². The molecule has 2 aliphatic rings. The van der Waals surface area contributed by atoms with Crippen LogP contribution in [0.2, 0.25) is 0 Å². The SMILES string of the molecule is O=C1/C(=C/c2cn(-c3ccccc3)nc2-c2ccccc2)SC(=S)N1CC1CCCO1. The van der Waals surface area contributed by atoms with Crippen LogP contribution in [0.25, 0.3) is 23.0 Å². The second kappa shape index (κ2) is 8.78. The van der Waals surface area contributed by atoms with Crippen molar-refractivity contribution in [3.8, 4) is 16.9 Å². The molecule has 1 unspecified atom stereocenters. The van der Waals surface area contributed by atoms with E-state index < -0.39 is 0 Å². The van der Waals surface area contributed by atoms with Gasteiger partial charge in [-0.25, -0.2) is 4.68 Å². The van der Waals surface area contributed by atoms with Crippen molar-refractivity contribution in [3.63, 3.8) is 0 Å². The van der Waals surface area contributed by atoms with Crippen LogP contribution in [-0.2, 0) is 9.53 Å². The van der Waals surface area contributed by atoms with Crippen LogP contribution in [0.1, 0.15) is 18.4 Å². The molecule has 7 heteroatoms. The molecule has 0 N–H and O–H groups in total. The van der Waals surface area contributed by atoms with Gasteiger partial charge in [0, 0.05) is 23.9 Å². The fourth-order valence-electron chi connectivity index (χ4n) is 3.82. The summed E-state index contributed by atoms with van der Waals surface area (Å²) in [6.45, 7) is 1.28. The lowest BCUT2D eigenvalue weighted by Gasteiger charge is -2.18. The smallest absolute Gasteiger partial charge is 0.266 e. The highest BCUT2D eigenvalue weighted by Crippen LogP contribution is 2.35. The molecule has 2 saturated heterocycles. The van der Waals surface area contributed by atoms with E-state index in [2.05, 4.69) is 0 Å². The Bertz CT molecular complexity index is 1140. The highest BCUT2D eigenvalue weighted by molar-refractivity contribution is 8.26. The molecule has 31 heavy (non-hydrogen) atoms. The summed E-state index contributed by atoms with van der Waals surface area (Å²) in [5.41, 5.74) is 3.67. The van der Waals surface area contributed by atoms with Crippen LogP contribution in [0.3, 0.4) is 0 Å². The molecule has 5 rings (SSSR count). The summed E-state index contributed by atoms with van der Waals surface area (Å²) in [6, 6.07) is 20.0. The lowest BCUT2D eigenvalue weighted by atomic mass is 10.1. The van der Waals surface area contributed by atoms with Gasteiger partial charge in [-0.1, -0.05) is 72.5 Å². The topological polar surface area (TPSA) is 47.4 Å². The first-order valence-electron chi connectivity index (χ1n) is 10.3. The normalized spacial score (nSPS) is 20.2. The molecule has 0 spiro atoms. The quantitative estimate of drug-likeness (QED) is 0.410. The van der Waals surface area contributed by atoms with E-state index in [4.69, 9.17) is 22.1 Å². The molecule has 1 atom stereocenters. The number of rotatable bonds is 5. The number of thiocarbonyl (C=S) groups is 1. The van der Waals surface area contributed by atoms with E-state index in [1.54, 1.807) is 4.90 Å². The first-order valence-corrected chi connectivity index (χ1v) is 11.5. The predicted molar refractivity (Wildman–Crippen MR) is 128 cm³/mol. The van der Waals surface area contributed by atoms with Gasteiger partial charge in [-0.2, -0.15) is 5.10 Å². The van der Waals surface area contributed by atoms with Crippen molar-refractivity contribution in [2.45, 2.75) is 18.9 Å². The molecule has 0 saturated carbocycles. The molecule has 1 amide bonds. The van der Waals surface area contributed by atoms with E-state index in [0.29, 0.717) is 15.8 Å². The summed E-state index contributed by atoms with van der Waals surface area (Å²) < 4.78 is 8.13. The van der Waals surface area contributed by atoms with Crippen molar-refractivity contribution in [3.05, 3.63) is 77.3 Å². The minimum absolute atomic E-state index is 0.0584. The van der Waals surface area contributed by atoms with E-state index >= 15 is 0 Å². The largest absolute Gasteiger partial charge is 0.376 e. The van der Waals surface area contributed by atoms with Crippen molar-refractivity contribution in [2.24, 2.45) is 0 Å². The van der Waals surface area contributed by atoms with E-state index in [0.717, 1.165) is 42.0 Å². The third-order valence-electron chi connectivity index (χ3n) is 5.38. The number of nitrogens with zero attached hydrogens (tertiary/aromatic N) is 3. The second-order valence-electron chi connectivity index (χ2n) is 7.51. The molecule has 156 valence electrons. The lowest BCUT2D eigenvalue weighted by Crippen LogP contribution is -2.35. The minimum Gasteiger partial charge on any atom is -0.376 e. The van der Waals surface area contributed by atoms with Gasteiger partial charge in [0.2, 0.25) is 0 Å². The van der Waals surface area contributed by atoms with Gasteiger partial charge in [-0.15, -0.1) is 0 Å². The fraction of sp³-hybridized carbons (Fsp3) is 0.208. The molecule has 0 aliphatic carbocycles. The predicted octanol–water partition coefficient (Wildman–Crippen LogP) is 4.92. The third-order valence-corrected chi connectivity index (χ3v) is 6.76. The summed E-state index contributed by atoms with van der Waals surface area (Å²) in [4.78, 5) is 15.4. The number of hydrogen-bond donors (Lipinski definition) is 0. The van der Waals surface area contributed by atoms with Crippen LogP contribution in [0.4, 0.5) is 0 Å². The maximum atomic E-state index is 13.1. The number of hydrogen-bond acceptors (Lipinski definition) is 5. The van der Waals surface area contributed by atoms with Gasteiger partial charge in [0.25, 0.3) is 5.91 Å². The summed E-state index contributed by atoms with van der Waals surface area (Å²) in [7, 11) is 0. The Labute approximate surface area is 190 Å². The van der Waals surface area contributed by atoms with E-state index in [9.17, 15) is 4.79 Å². The zero-order valence-corrected chi connectivity index (χ0v) is 18.4. The monoisotopic (exact) mass is 447 g/mol. The standard InChI is InChI=1S/C24H21N3O2S2/c28-23-21(31-24(30)26(23)16-20-12-7-13-29-20)14-18-15-27(19-10-5-2-6-11-19)25-22(18)17-8-3-1-4-9-17/h1-6,8-11,14-15,20H,7,12-13,16H2/b21-14-. The third kappa shape index (κ3) is 4.21. The van der Waals surface area contributed by atoms with Gasteiger partial charge in [0.15, 0.2) is 0 Å². The molecule has 2 aliphatic heterocycles. The fourth-order valence-corrected chi connectivity index (χ4v) is 5.08. The highest BCUT2D eigenvalue weighted by atomic mass is 32.2. The lowest BCUT2D eigenvalue weighted by molar-refractivity contribution is -0.123. The van der Waals surface area contributed by atoms with Crippen LogP contribution in [0, 0.1) is 0 Å². The Kier molecular flexibility index (Phi) is 5.72. The summed E-state index contributed by atoms with van der Waals surface area (Å²) in [6.07, 6.45) is 5.95. The minimum atomic E-state index is -0.0584. The summed E-state index contributed by atoms with van der Waals surface area (Å²) in [5, 5.41) is 4.82. The highest BCUT2D eigenvalue weighted by Gasteiger charge is 2.34. The zero-order valence-electron chi connectivity index (χ0n) is 16.8. The molecular weight excluding hydrogens is 426 g/mol. The Balaban J connectivity index is 1.50. The van der Waals surface area contributed by atoms with Gasteiger partial charge >= 0.3 is 0 Å². The van der Waals surface area contributed by atoms with Gasteiger partial charge in [-0.3, -0.25) is 9.69 Å². The molecule has 3 aromatic rings. The van der Waals surface area contributed by atoms with Crippen LogP contribution in [0.5, 0.6) is 0 Å². The van der Waals surface area contributed by atoms with Crippen molar-refractivity contribution < 1.29 is 9.53 Å². The molecule has 3 heterocycles. The average molecular weight is 448 g/mol. The van der Waals surface area contributed by atoms with Gasteiger partial charge < -0.3 is 4.74 Å². The number of thioether (sulfide) groups is 1. The van der Waals surface area contributed by atoms with Crippen molar-refractivity contribution in [1.29, 1.82) is 0 Å². The van der Waals surface area contributed by atoms with Crippen LogP contribution in [0.15, 0.2) is 71.8 Å². The first-order chi connectivity index (χ1) is 15.2. The average Bonchev–Trinajstić information content (AvgIpc) is 3.53. The molecular formula is C24H21N3O2S2. The molecule has 5 nitrogen and oxygen atoms in total. The van der Waals surface area contributed by atoms with E-state index in [1.165, 1.54) is 11.8 Å². The van der Waals surface area contributed by atoms with Gasteiger partial charge in [0.05, 0.1) is 28.9 Å². The number of ether oxygens (including phenoxy) is 1. The zero-order chi connectivity index (χ0) is 21.2.